The Morgan fingerprint density at radius 3 is 2.82 bits per heavy atom. The lowest BCUT2D eigenvalue weighted by Gasteiger charge is -2.14. The molecule has 2 unspecified atom stereocenters. The summed E-state index contributed by atoms with van der Waals surface area (Å²) in [6.45, 7) is 6.35. The monoisotopic (exact) mass is 234 g/mol. The summed E-state index contributed by atoms with van der Waals surface area (Å²) in [5, 5.41) is 0. The minimum absolute atomic E-state index is 0.0612. The lowest BCUT2D eigenvalue weighted by Crippen LogP contribution is -2.18. The number of hydrogen-bond donors (Lipinski definition) is 0. The molecule has 0 saturated carbocycles. The fraction of sp³-hybridized carbons (Fsp3) is 0.429. The highest BCUT2D eigenvalue weighted by Crippen LogP contribution is 2.10. The van der Waals surface area contributed by atoms with Crippen molar-refractivity contribution in [3.63, 3.8) is 0 Å². The van der Waals surface area contributed by atoms with Crippen molar-refractivity contribution >= 4 is 0 Å². The Hall–Kier alpha value is -1.16. The highest BCUT2D eigenvalue weighted by molar-refractivity contribution is 5.13. The van der Waals surface area contributed by atoms with Gasteiger partial charge in [-0.2, -0.15) is 0 Å². The molecule has 1 aliphatic heterocycles. The van der Waals surface area contributed by atoms with E-state index in [9.17, 15) is 0 Å². The van der Waals surface area contributed by atoms with Crippen LogP contribution in [0.25, 0.3) is 0 Å². The molecule has 1 saturated heterocycles. The predicted molar refractivity (Wildman–Crippen MR) is 65.8 cm³/mol. The second-order valence-electron chi connectivity index (χ2n) is 4.06. The Balaban J connectivity index is 1.65. The van der Waals surface area contributed by atoms with E-state index in [4.69, 9.17) is 14.2 Å². The molecule has 3 heteroatoms. The molecule has 2 rings (SSSR count). The van der Waals surface area contributed by atoms with Crippen LogP contribution in [0.15, 0.2) is 43.0 Å². The Morgan fingerprint density at radius 1 is 1.41 bits per heavy atom. The number of benzene rings is 1. The van der Waals surface area contributed by atoms with Gasteiger partial charge in [0, 0.05) is 0 Å². The van der Waals surface area contributed by atoms with E-state index in [0.29, 0.717) is 25.9 Å². The summed E-state index contributed by atoms with van der Waals surface area (Å²) in [5.41, 5.74) is 1.16. The standard InChI is InChI=1S/C14H18O3/c1-2-13(9-15-10-14-11-17-14)16-8-12-6-4-3-5-7-12/h2-7,13-14H,1,8-11H2. The van der Waals surface area contributed by atoms with Crippen LogP contribution >= 0.6 is 0 Å². The molecule has 0 amide bonds. The number of rotatable bonds is 8. The van der Waals surface area contributed by atoms with E-state index in [1.54, 1.807) is 6.08 Å². The Kier molecular flexibility index (Phi) is 4.74. The molecule has 1 heterocycles. The summed E-state index contributed by atoms with van der Waals surface area (Å²) in [6.07, 6.45) is 2.01. The van der Waals surface area contributed by atoms with Crippen LogP contribution in [0.1, 0.15) is 5.56 Å². The van der Waals surface area contributed by atoms with Crippen LogP contribution in [0.2, 0.25) is 0 Å². The van der Waals surface area contributed by atoms with E-state index in [0.717, 1.165) is 12.2 Å². The molecule has 17 heavy (non-hydrogen) atoms. The van der Waals surface area contributed by atoms with Crippen molar-refractivity contribution in [3.8, 4) is 0 Å². The first-order chi connectivity index (χ1) is 8.38. The molecule has 0 aliphatic carbocycles. The largest absolute Gasteiger partial charge is 0.376 e. The summed E-state index contributed by atoms with van der Waals surface area (Å²) >= 11 is 0. The molecule has 1 aliphatic rings. The third-order valence-electron chi connectivity index (χ3n) is 2.56. The molecular weight excluding hydrogens is 216 g/mol. The maximum Gasteiger partial charge on any atom is 0.104 e. The molecule has 92 valence electrons. The highest BCUT2D eigenvalue weighted by Gasteiger charge is 2.22. The fourth-order valence-corrected chi connectivity index (χ4v) is 1.44. The van der Waals surface area contributed by atoms with Crippen LogP contribution in [0.4, 0.5) is 0 Å². The van der Waals surface area contributed by atoms with Crippen LogP contribution in [0.5, 0.6) is 0 Å². The molecular formula is C14H18O3. The third kappa shape index (κ3) is 4.69. The maximum absolute atomic E-state index is 5.70. The SMILES string of the molecule is C=CC(COCC1CO1)OCc1ccccc1. The Bertz CT molecular complexity index is 333. The van der Waals surface area contributed by atoms with Gasteiger partial charge in [-0.15, -0.1) is 6.58 Å². The van der Waals surface area contributed by atoms with Crippen molar-refractivity contribution in [1.82, 2.24) is 0 Å². The molecule has 0 bridgehead atoms. The third-order valence-corrected chi connectivity index (χ3v) is 2.56. The van der Waals surface area contributed by atoms with Crippen LogP contribution in [0, 0.1) is 0 Å². The first-order valence-corrected chi connectivity index (χ1v) is 5.86. The first kappa shape index (κ1) is 12.3. The normalized spacial score (nSPS) is 19.9. The molecule has 0 N–H and O–H groups in total. The molecule has 3 nitrogen and oxygen atoms in total. The summed E-state index contributed by atoms with van der Waals surface area (Å²) in [6, 6.07) is 10.1. The van der Waals surface area contributed by atoms with E-state index in [1.165, 1.54) is 0 Å². The maximum atomic E-state index is 5.70. The Morgan fingerprint density at radius 2 is 2.18 bits per heavy atom. The van der Waals surface area contributed by atoms with Crippen LogP contribution in [-0.2, 0) is 20.8 Å². The lowest BCUT2D eigenvalue weighted by atomic mass is 10.2. The average Bonchev–Trinajstić information content (AvgIpc) is 3.19. The topological polar surface area (TPSA) is 31.0 Å². The van der Waals surface area contributed by atoms with Crippen LogP contribution in [-0.4, -0.2) is 32.0 Å². The quantitative estimate of drug-likeness (QED) is 0.510. The molecule has 0 radical (unpaired) electrons. The molecule has 1 aromatic rings. The van der Waals surface area contributed by atoms with E-state index in [-0.39, 0.29) is 6.10 Å². The van der Waals surface area contributed by atoms with Crippen molar-refractivity contribution in [3.05, 3.63) is 48.6 Å². The molecule has 2 atom stereocenters. The van der Waals surface area contributed by atoms with Gasteiger partial charge < -0.3 is 14.2 Å². The minimum atomic E-state index is -0.0612. The van der Waals surface area contributed by atoms with Gasteiger partial charge in [-0.05, 0) is 5.56 Å². The van der Waals surface area contributed by atoms with Gasteiger partial charge in [0.05, 0.1) is 32.5 Å². The summed E-state index contributed by atoms with van der Waals surface area (Å²) in [4.78, 5) is 0. The van der Waals surface area contributed by atoms with Crippen molar-refractivity contribution in [2.24, 2.45) is 0 Å². The van der Waals surface area contributed by atoms with Crippen molar-refractivity contribution in [2.45, 2.75) is 18.8 Å². The zero-order valence-corrected chi connectivity index (χ0v) is 9.88. The number of epoxide rings is 1. The van der Waals surface area contributed by atoms with Gasteiger partial charge in [0.25, 0.3) is 0 Å². The van der Waals surface area contributed by atoms with Gasteiger partial charge in [0.2, 0.25) is 0 Å². The second-order valence-corrected chi connectivity index (χ2v) is 4.06. The first-order valence-electron chi connectivity index (χ1n) is 5.86. The van der Waals surface area contributed by atoms with E-state index in [2.05, 4.69) is 6.58 Å². The number of ether oxygens (including phenoxy) is 3. The van der Waals surface area contributed by atoms with Gasteiger partial charge in [-0.25, -0.2) is 0 Å². The second kappa shape index (κ2) is 6.55. The van der Waals surface area contributed by atoms with E-state index >= 15 is 0 Å². The fourth-order valence-electron chi connectivity index (χ4n) is 1.44. The smallest absolute Gasteiger partial charge is 0.104 e. The zero-order valence-electron chi connectivity index (χ0n) is 9.88. The zero-order chi connectivity index (χ0) is 11.9. The van der Waals surface area contributed by atoms with Crippen molar-refractivity contribution in [1.29, 1.82) is 0 Å². The number of hydrogen-bond acceptors (Lipinski definition) is 3. The van der Waals surface area contributed by atoms with Gasteiger partial charge >= 0.3 is 0 Å². The summed E-state index contributed by atoms with van der Waals surface area (Å²) < 4.78 is 16.2. The summed E-state index contributed by atoms with van der Waals surface area (Å²) in [7, 11) is 0. The molecule has 1 fully saturated rings. The van der Waals surface area contributed by atoms with Gasteiger partial charge in [-0.3, -0.25) is 0 Å². The predicted octanol–water partition coefficient (Wildman–Crippen LogP) is 2.17. The Labute approximate surface area is 102 Å². The van der Waals surface area contributed by atoms with Crippen molar-refractivity contribution in [2.75, 3.05) is 19.8 Å². The highest BCUT2D eigenvalue weighted by atomic mass is 16.6. The minimum Gasteiger partial charge on any atom is -0.376 e. The van der Waals surface area contributed by atoms with E-state index in [1.807, 2.05) is 30.3 Å². The molecule has 1 aromatic carbocycles. The van der Waals surface area contributed by atoms with Crippen LogP contribution < -0.4 is 0 Å². The molecule has 0 aromatic heterocycles. The van der Waals surface area contributed by atoms with Crippen LogP contribution in [0.3, 0.4) is 0 Å². The lowest BCUT2D eigenvalue weighted by molar-refractivity contribution is -0.00312. The summed E-state index contributed by atoms with van der Waals surface area (Å²) in [5.74, 6) is 0. The van der Waals surface area contributed by atoms with Gasteiger partial charge in [0.15, 0.2) is 0 Å². The van der Waals surface area contributed by atoms with Gasteiger partial charge in [0.1, 0.15) is 6.10 Å². The average molecular weight is 234 g/mol. The van der Waals surface area contributed by atoms with E-state index < -0.39 is 0 Å². The molecule has 0 spiro atoms. The van der Waals surface area contributed by atoms with Crippen molar-refractivity contribution < 1.29 is 14.2 Å². The van der Waals surface area contributed by atoms with Gasteiger partial charge in [-0.1, -0.05) is 36.4 Å².